The van der Waals surface area contributed by atoms with Crippen molar-refractivity contribution in [2.75, 3.05) is 6.54 Å². The summed E-state index contributed by atoms with van der Waals surface area (Å²) in [6.07, 6.45) is 1.32. The lowest BCUT2D eigenvalue weighted by atomic mass is 10.1. The molecule has 0 saturated carbocycles. The van der Waals surface area contributed by atoms with Gasteiger partial charge in [-0.3, -0.25) is 4.79 Å². The number of carbonyl (C=O) groups is 1. The Kier molecular flexibility index (Phi) is 5.73. The molecule has 0 aliphatic rings. The molecule has 0 aliphatic carbocycles. The maximum absolute atomic E-state index is 12.8. The van der Waals surface area contributed by atoms with Crippen LogP contribution in [0.25, 0.3) is 11.5 Å². The zero-order valence-corrected chi connectivity index (χ0v) is 14.5. The summed E-state index contributed by atoms with van der Waals surface area (Å²) in [5.74, 6) is 0.556. The monoisotopic (exact) mass is 353 g/mol. The highest BCUT2D eigenvalue weighted by molar-refractivity contribution is 5.76. The Hall–Kier alpha value is -3.02. The maximum Gasteiger partial charge on any atom is 0.247 e. The molecule has 1 N–H and O–H groups in total. The minimum Gasteiger partial charge on any atom is -0.421 e. The van der Waals surface area contributed by atoms with Crippen LogP contribution in [0.1, 0.15) is 23.4 Å². The van der Waals surface area contributed by atoms with E-state index in [1.54, 1.807) is 12.1 Å². The van der Waals surface area contributed by atoms with Crippen molar-refractivity contribution >= 4 is 5.91 Å². The third-order valence-electron chi connectivity index (χ3n) is 3.95. The summed E-state index contributed by atoms with van der Waals surface area (Å²) in [7, 11) is 0. The number of nitrogens with zero attached hydrogens (tertiary/aromatic N) is 2. The predicted octanol–water partition coefficient (Wildman–Crippen LogP) is 3.48. The van der Waals surface area contributed by atoms with Crippen LogP contribution in [-0.2, 0) is 17.6 Å². The van der Waals surface area contributed by atoms with Gasteiger partial charge < -0.3 is 9.73 Å². The topological polar surface area (TPSA) is 68.0 Å². The molecular weight excluding hydrogens is 333 g/mol. The molecule has 134 valence electrons. The quantitative estimate of drug-likeness (QED) is 0.706. The molecule has 0 atom stereocenters. The molecule has 0 bridgehead atoms. The average Bonchev–Trinajstić information content (AvgIpc) is 3.11. The van der Waals surface area contributed by atoms with Crippen LogP contribution in [0.4, 0.5) is 4.39 Å². The summed E-state index contributed by atoms with van der Waals surface area (Å²) >= 11 is 0. The van der Waals surface area contributed by atoms with Gasteiger partial charge in [-0.15, -0.1) is 10.2 Å². The van der Waals surface area contributed by atoms with Gasteiger partial charge in [-0.25, -0.2) is 4.39 Å². The summed E-state index contributed by atoms with van der Waals surface area (Å²) in [4.78, 5) is 11.9. The Morgan fingerprint density at radius 3 is 2.69 bits per heavy atom. The van der Waals surface area contributed by atoms with Crippen LogP contribution < -0.4 is 5.32 Å². The number of carbonyl (C=O) groups excluding carboxylic acids is 1. The van der Waals surface area contributed by atoms with Crippen LogP contribution in [0.15, 0.2) is 52.9 Å². The smallest absolute Gasteiger partial charge is 0.247 e. The summed E-state index contributed by atoms with van der Waals surface area (Å²) < 4.78 is 18.5. The van der Waals surface area contributed by atoms with Gasteiger partial charge in [0.2, 0.25) is 17.7 Å². The lowest BCUT2D eigenvalue weighted by Crippen LogP contribution is -2.25. The number of aryl methyl sites for hydroxylation is 2. The molecule has 0 radical (unpaired) electrons. The fraction of sp³-hybridized carbons (Fsp3) is 0.250. The van der Waals surface area contributed by atoms with Gasteiger partial charge in [0.1, 0.15) is 5.82 Å². The Morgan fingerprint density at radius 2 is 1.92 bits per heavy atom. The third kappa shape index (κ3) is 4.99. The molecule has 0 unspecified atom stereocenters. The van der Waals surface area contributed by atoms with Gasteiger partial charge in [0.05, 0.1) is 0 Å². The molecule has 2 aromatic carbocycles. The second kappa shape index (κ2) is 8.38. The van der Waals surface area contributed by atoms with Crippen molar-refractivity contribution in [3.05, 3.63) is 71.4 Å². The van der Waals surface area contributed by atoms with Crippen molar-refractivity contribution in [1.29, 1.82) is 0 Å². The van der Waals surface area contributed by atoms with Gasteiger partial charge in [0.15, 0.2) is 0 Å². The van der Waals surface area contributed by atoms with E-state index in [1.165, 1.54) is 12.1 Å². The molecule has 3 rings (SSSR count). The van der Waals surface area contributed by atoms with Crippen LogP contribution in [0.3, 0.4) is 0 Å². The van der Waals surface area contributed by atoms with E-state index in [1.807, 2.05) is 31.2 Å². The summed E-state index contributed by atoms with van der Waals surface area (Å²) in [5, 5.41) is 10.9. The molecule has 0 spiro atoms. The molecule has 0 fully saturated rings. The molecule has 1 amide bonds. The van der Waals surface area contributed by atoms with E-state index in [4.69, 9.17) is 4.42 Å². The first-order chi connectivity index (χ1) is 12.6. The Bertz CT molecular complexity index is 875. The van der Waals surface area contributed by atoms with Crippen molar-refractivity contribution < 1.29 is 13.6 Å². The number of hydrogen-bond acceptors (Lipinski definition) is 4. The van der Waals surface area contributed by atoms with E-state index in [0.29, 0.717) is 31.2 Å². The number of rotatable bonds is 7. The largest absolute Gasteiger partial charge is 0.421 e. The average molecular weight is 353 g/mol. The molecule has 26 heavy (non-hydrogen) atoms. The fourth-order valence-corrected chi connectivity index (χ4v) is 2.56. The van der Waals surface area contributed by atoms with Crippen LogP contribution in [0.5, 0.6) is 0 Å². The first-order valence-corrected chi connectivity index (χ1v) is 8.51. The highest BCUT2D eigenvalue weighted by Crippen LogP contribution is 2.19. The van der Waals surface area contributed by atoms with Crippen molar-refractivity contribution in [1.82, 2.24) is 15.5 Å². The number of hydrogen-bond donors (Lipinski definition) is 1. The molecule has 1 aromatic heterocycles. The van der Waals surface area contributed by atoms with E-state index in [9.17, 15) is 9.18 Å². The highest BCUT2D eigenvalue weighted by Gasteiger charge is 2.10. The number of aromatic nitrogens is 2. The Morgan fingerprint density at radius 1 is 1.12 bits per heavy atom. The van der Waals surface area contributed by atoms with Crippen molar-refractivity contribution in [2.24, 2.45) is 0 Å². The van der Waals surface area contributed by atoms with Gasteiger partial charge in [-0.2, -0.15) is 0 Å². The van der Waals surface area contributed by atoms with Gasteiger partial charge >= 0.3 is 0 Å². The number of benzene rings is 2. The fourth-order valence-electron chi connectivity index (χ4n) is 2.56. The lowest BCUT2D eigenvalue weighted by Gasteiger charge is -2.04. The second-order valence-corrected chi connectivity index (χ2v) is 6.10. The SMILES string of the molecule is Cc1cccc(-c2nnc(CCC(=O)NCCc3ccc(F)cc3)o2)c1. The number of amides is 1. The molecule has 6 heteroatoms. The number of nitrogens with one attached hydrogen (secondary N) is 1. The van der Waals surface area contributed by atoms with Crippen LogP contribution in [0.2, 0.25) is 0 Å². The standard InChI is InChI=1S/C20H20FN3O2/c1-14-3-2-4-16(13-14)20-24-23-19(26-20)10-9-18(25)22-12-11-15-5-7-17(21)8-6-15/h2-8,13H,9-12H2,1H3,(H,22,25). The third-order valence-corrected chi connectivity index (χ3v) is 3.95. The molecule has 3 aromatic rings. The number of halogens is 1. The van der Waals surface area contributed by atoms with E-state index in [2.05, 4.69) is 15.5 Å². The lowest BCUT2D eigenvalue weighted by molar-refractivity contribution is -0.121. The molecule has 5 nitrogen and oxygen atoms in total. The minimum atomic E-state index is -0.262. The maximum atomic E-state index is 12.8. The summed E-state index contributed by atoms with van der Waals surface area (Å²) in [5.41, 5.74) is 2.96. The minimum absolute atomic E-state index is 0.0811. The van der Waals surface area contributed by atoms with E-state index >= 15 is 0 Å². The van der Waals surface area contributed by atoms with Gasteiger partial charge in [-0.05, 0) is 43.2 Å². The molecule has 1 heterocycles. The molecule has 0 aliphatic heterocycles. The zero-order chi connectivity index (χ0) is 18.4. The van der Waals surface area contributed by atoms with E-state index < -0.39 is 0 Å². The Labute approximate surface area is 151 Å². The highest BCUT2D eigenvalue weighted by atomic mass is 19.1. The van der Waals surface area contributed by atoms with Gasteiger partial charge in [0, 0.05) is 24.9 Å². The van der Waals surface area contributed by atoms with Crippen molar-refractivity contribution in [3.8, 4) is 11.5 Å². The van der Waals surface area contributed by atoms with Crippen LogP contribution >= 0.6 is 0 Å². The first-order valence-electron chi connectivity index (χ1n) is 8.51. The predicted molar refractivity (Wildman–Crippen MR) is 95.9 cm³/mol. The summed E-state index contributed by atoms with van der Waals surface area (Å²) in [6, 6.07) is 14.1. The van der Waals surface area contributed by atoms with Crippen LogP contribution in [0, 0.1) is 12.7 Å². The van der Waals surface area contributed by atoms with Crippen molar-refractivity contribution in [3.63, 3.8) is 0 Å². The molecular formula is C20H20FN3O2. The Balaban J connectivity index is 1.44. The second-order valence-electron chi connectivity index (χ2n) is 6.10. The van der Waals surface area contributed by atoms with Gasteiger partial charge in [0.25, 0.3) is 0 Å². The first kappa shape index (κ1) is 17.8. The van der Waals surface area contributed by atoms with Crippen LogP contribution in [-0.4, -0.2) is 22.6 Å². The van der Waals surface area contributed by atoms with Crippen molar-refractivity contribution in [2.45, 2.75) is 26.2 Å². The van der Waals surface area contributed by atoms with E-state index in [-0.39, 0.29) is 18.1 Å². The normalized spacial score (nSPS) is 10.7. The molecule has 0 saturated heterocycles. The van der Waals surface area contributed by atoms with E-state index in [0.717, 1.165) is 16.7 Å². The zero-order valence-electron chi connectivity index (χ0n) is 14.5. The summed E-state index contributed by atoms with van der Waals surface area (Å²) in [6.45, 7) is 2.50. The van der Waals surface area contributed by atoms with Gasteiger partial charge in [-0.1, -0.05) is 29.8 Å².